The summed E-state index contributed by atoms with van der Waals surface area (Å²) in [4.78, 5) is 35.5. The highest BCUT2D eigenvalue weighted by Crippen LogP contribution is 2.36. The predicted octanol–water partition coefficient (Wildman–Crippen LogP) is 3.88. The molecule has 1 aromatic heterocycles. The SMILES string of the molecule is CC(C)(C)c1ccc(N(C(=O)C2CCCN2C#N)C(C(=O)N2CC(F)(F)C2)c2cccnc2)cc1. The van der Waals surface area contributed by atoms with E-state index in [2.05, 4.69) is 31.9 Å². The highest BCUT2D eigenvalue weighted by atomic mass is 19.3. The van der Waals surface area contributed by atoms with Crippen molar-refractivity contribution in [1.82, 2.24) is 14.8 Å². The standard InChI is InChI=1S/C26H29F2N5O2/c1-25(2,3)19-8-10-20(11-9-19)33(23(34)21-7-5-13-31(21)17-29)22(18-6-4-12-30-14-18)24(35)32-15-26(27,28)16-32/h4,6,8-12,14,21-22H,5,7,13,15-16H2,1-3H3. The molecule has 0 spiro atoms. The third-order valence-corrected chi connectivity index (χ3v) is 6.56. The molecule has 0 bridgehead atoms. The van der Waals surface area contributed by atoms with Crippen LogP contribution in [0.5, 0.6) is 0 Å². The first kappa shape index (κ1) is 24.6. The minimum absolute atomic E-state index is 0.127. The van der Waals surface area contributed by atoms with Gasteiger partial charge in [-0.25, -0.2) is 8.78 Å². The average molecular weight is 482 g/mol. The number of benzene rings is 1. The van der Waals surface area contributed by atoms with Crippen LogP contribution in [-0.4, -0.2) is 58.2 Å². The maximum Gasteiger partial charge on any atom is 0.282 e. The highest BCUT2D eigenvalue weighted by molar-refractivity contribution is 6.04. The maximum absolute atomic E-state index is 14.0. The molecule has 0 radical (unpaired) electrons. The number of pyridine rings is 1. The molecule has 2 aliphatic heterocycles. The largest absolute Gasteiger partial charge is 0.328 e. The van der Waals surface area contributed by atoms with Crippen molar-refractivity contribution in [2.75, 3.05) is 24.5 Å². The van der Waals surface area contributed by atoms with Gasteiger partial charge in [0, 0.05) is 30.2 Å². The van der Waals surface area contributed by atoms with Crippen molar-refractivity contribution in [3.8, 4) is 6.19 Å². The predicted molar refractivity (Wildman–Crippen MR) is 126 cm³/mol. The second-order valence-electron chi connectivity index (χ2n) is 10.2. The van der Waals surface area contributed by atoms with Crippen LogP contribution >= 0.6 is 0 Å². The van der Waals surface area contributed by atoms with Crippen LogP contribution in [0.4, 0.5) is 14.5 Å². The Hall–Kier alpha value is -3.54. The summed E-state index contributed by atoms with van der Waals surface area (Å²) < 4.78 is 27.3. The van der Waals surface area contributed by atoms with E-state index in [-0.39, 0.29) is 5.41 Å². The number of nitriles is 1. The van der Waals surface area contributed by atoms with Crippen LogP contribution in [0.15, 0.2) is 48.8 Å². The second-order valence-corrected chi connectivity index (χ2v) is 10.2. The number of anilines is 1. The number of hydrogen-bond acceptors (Lipinski definition) is 5. The van der Waals surface area contributed by atoms with Gasteiger partial charge in [-0.05, 0) is 42.0 Å². The van der Waals surface area contributed by atoms with Crippen molar-refractivity contribution in [1.29, 1.82) is 5.26 Å². The molecular formula is C26H29F2N5O2. The molecule has 184 valence electrons. The van der Waals surface area contributed by atoms with Crippen LogP contribution in [0.2, 0.25) is 0 Å². The molecule has 0 saturated carbocycles. The lowest BCUT2D eigenvalue weighted by Gasteiger charge is -2.43. The fourth-order valence-corrected chi connectivity index (χ4v) is 4.61. The second kappa shape index (κ2) is 9.25. The van der Waals surface area contributed by atoms with Gasteiger partial charge in [-0.2, -0.15) is 5.26 Å². The lowest BCUT2D eigenvalue weighted by atomic mass is 9.87. The van der Waals surface area contributed by atoms with Gasteiger partial charge >= 0.3 is 0 Å². The third-order valence-electron chi connectivity index (χ3n) is 6.56. The summed E-state index contributed by atoms with van der Waals surface area (Å²) in [6, 6.07) is 8.72. The van der Waals surface area contributed by atoms with E-state index in [0.717, 1.165) is 10.5 Å². The summed E-state index contributed by atoms with van der Waals surface area (Å²) in [5, 5.41) is 9.56. The van der Waals surface area contributed by atoms with E-state index in [1.807, 2.05) is 12.1 Å². The lowest BCUT2D eigenvalue weighted by Crippen LogP contribution is -2.61. The van der Waals surface area contributed by atoms with Crippen molar-refractivity contribution in [2.24, 2.45) is 0 Å². The quantitative estimate of drug-likeness (QED) is 0.606. The number of hydrogen-bond donors (Lipinski definition) is 0. The topological polar surface area (TPSA) is 80.5 Å². The van der Waals surface area contributed by atoms with Gasteiger partial charge in [0.25, 0.3) is 17.7 Å². The van der Waals surface area contributed by atoms with Crippen LogP contribution in [0.3, 0.4) is 0 Å². The van der Waals surface area contributed by atoms with Crippen molar-refractivity contribution < 1.29 is 18.4 Å². The van der Waals surface area contributed by atoms with E-state index < -0.39 is 42.9 Å². The number of likely N-dealkylation sites (tertiary alicyclic amines) is 2. The highest BCUT2D eigenvalue weighted by Gasteiger charge is 2.50. The first-order valence-electron chi connectivity index (χ1n) is 11.7. The van der Waals surface area contributed by atoms with Gasteiger partial charge in [-0.1, -0.05) is 39.0 Å². The van der Waals surface area contributed by atoms with Gasteiger partial charge < -0.3 is 4.90 Å². The molecule has 9 heteroatoms. The van der Waals surface area contributed by atoms with Crippen molar-refractivity contribution in [3.63, 3.8) is 0 Å². The maximum atomic E-state index is 14.0. The van der Waals surface area contributed by atoms with Crippen LogP contribution in [-0.2, 0) is 15.0 Å². The summed E-state index contributed by atoms with van der Waals surface area (Å²) in [5.74, 6) is -3.96. The Morgan fingerprint density at radius 1 is 1.20 bits per heavy atom. The first-order chi connectivity index (χ1) is 16.5. The van der Waals surface area contributed by atoms with Crippen molar-refractivity contribution in [2.45, 2.75) is 57.0 Å². The van der Waals surface area contributed by atoms with Crippen LogP contribution in [0, 0.1) is 11.5 Å². The van der Waals surface area contributed by atoms with Gasteiger partial charge in [-0.15, -0.1) is 0 Å². The van der Waals surface area contributed by atoms with Crippen LogP contribution < -0.4 is 4.90 Å². The molecule has 2 aliphatic rings. The fourth-order valence-electron chi connectivity index (χ4n) is 4.61. The molecule has 2 fully saturated rings. The summed E-state index contributed by atoms with van der Waals surface area (Å²) in [6.07, 6.45) is 6.23. The summed E-state index contributed by atoms with van der Waals surface area (Å²) >= 11 is 0. The van der Waals surface area contributed by atoms with E-state index in [9.17, 15) is 23.6 Å². The Bertz CT molecular complexity index is 1120. The van der Waals surface area contributed by atoms with Gasteiger partial charge in [-0.3, -0.25) is 24.4 Å². The molecule has 2 aromatic rings. The zero-order valence-electron chi connectivity index (χ0n) is 20.1. The molecule has 2 atom stereocenters. The first-order valence-corrected chi connectivity index (χ1v) is 11.7. The van der Waals surface area contributed by atoms with E-state index in [4.69, 9.17) is 0 Å². The van der Waals surface area contributed by atoms with E-state index in [1.165, 1.54) is 16.0 Å². The zero-order chi connectivity index (χ0) is 25.4. The van der Waals surface area contributed by atoms with E-state index >= 15 is 0 Å². The summed E-state index contributed by atoms with van der Waals surface area (Å²) in [7, 11) is 0. The van der Waals surface area contributed by atoms with Gasteiger partial charge in [0.15, 0.2) is 6.19 Å². The number of alkyl halides is 2. The molecule has 2 unspecified atom stereocenters. The summed E-state index contributed by atoms with van der Waals surface area (Å²) in [5.41, 5.74) is 1.79. The number of nitrogens with zero attached hydrogens (tertiary/aromatic N) is 5. The molecule has 2 saturated heterocycles. The minimum atomic E-state index is -2.94. The Morgan fingerprint density at radius 2 is 1.89 bits per heavy atom. The lowest BCUT2D eigenvalue weighted by molar-refractivity contribution is -0.167. The average Bonchev–Trinajstić information content (AvgIpc) is 3.29. The Balaban J connectivity index is 1.81. The van der Waals surface area contributed by atoms with Crippen molar-refractivity contribution in [3.05, 3.63) is 59.9 Å². The molecule has 7 nitrogen and oxygen atoms in total. The third kappa shape index (κ3) is 4.97. The van der Waals surface area contributed by atoms with Gasteiger partial charge in [0.05, 0.1) is 13.1 Å². The van der Waals surface area contributed by atoms with Gasteiger partial charge in [0.2, 0.25) is 0 Å². The minimum Gasteiger partial charge on any atom is -0.328 e. The fraction of sp³-hybridized carbons (Fsp3) is 0.462. The van der Waals surface area contributed by atoms with E-state index in [0.29, 0.717) is 30.6 Å². The monoisotopic (exact) mass is 481 g/mol. The Morgan fingerprint density at radius 3 is 2.43 bits per heavy atom. The van der Waals surface area contributed by atoms with Crippen LogP contribution in [0.25, 0.3) is 0 Å². The molecule has 0 aliphatic carbocycles. The number of halogens is 2. The Labute approximate surface area is 203 Å². The Kier molecular flexibility index (Phi) is 6.50. The smallest absolute Gasteiger partial charge is 0.282 e. The van der Waals surface area contributed by atoms with Crippen LogP contribution in [0.1, 0.15) is 50.8 Å². The molecule has 0 N–H and O–H groups in total. The number of carbonyl (C=O) groups is 2. The number of amides is 2. The molecular weight excluding hydrogens is 452 g/mol. The number of aromatic nitrogens is 1. The molecule has 1 aromatic carbocycles. The molecule has 35 heavy (non-hydrogen) atoms. The molecule has 4 rings (SSSR count). The number of rotatable bonds is 5. The molecule has 3 heterocycles. The zero-order valence-corrected chi connectivity index (χ0v) is 20.1. The molecule has 2 amide bonds. The van der Waals surface area contributed by atoms with Gasteiger partial charge in [0.1, 0.15) is 12.1 Å². The summed E-state index contributed by atoms with van der Waals surface area (Å²) in [6.45, 7) is 5.27. The van der Waals surface area contributed by atoms with Crippen molar-refractivity contribution >= 4 is 17.5 Å². The normalized spacial score (nSPS) is 20.1. The number of carbonyl (C=O) groups excluding carboxylic acids is 2. The van der Waals surface area contributed by atoms with E-state index in [1.54, 1.807) is 30.5 Å².